The Morgan fingerprint density at radius 1 is 1.22 bits per heavy atom. The molecule has 1 aliphatic rings. The molecule has 2 heterocycles. The third-order valence-electron chi connectivity index (χ3n) is 6.26. The molecule has 1 aromatic heterocycles. The molecule has 3 aromatic rings. The zero-order valence-corrected chi connectivity index (χ0v) is 19.6. The minimum absolute atomic E-state index is 0.0596. The third-order valence-corrected chi connectivity index (χ3v) is 6.66. The molecule has 0 aliphatic carbocycles. The lowest BCUT2D eigenvalue weighted by molar-refractivity contribution is 0.0897. The highest BCUT2D eigenvalue weighted by Gasteiger charge is 2.22. The number of H-pyrrole nitrogens is 1. The van der Waals surface area contributed by atoms with Gasteiger partial charge in [0.2, 0.25) is 0 Å². The van der Waals surface area contributed by atoms with Gasteiger partial charge in [-0.2, -0.15) is 0 Å². The van der Waals surface area contributed by atoms with Crippen molar-refractivity contribution in [2.75, 3.05) is 19.7 Å². The number of hydrogen-bond donors (Lipinski definition) is 2. The van der Waals surface area contributed by atoms with Gasteiger partial charge in [-0.15, -0.1) is 0 Å². The molecular formula is C26H31N3O2S. The number of nitrogens with zero attached hydrogens (tertiary/aromatic N) is 1. The van der Waals surface area contributed by atoms with E-state index in [1.807, 2.05) is 31.2 Å². The molecule has 1 saturated heterocycles. The summed E-state index contributed by atoms with van der Waals surface area (Å²) in [6.07, 6.45) is 3.13. The van der Waals surface area contributed by atoms with Crippen molar-refractivity contribution in [1.82, 2.24) is 15.2 Å². The van der Waals surface area contributed by atoms with E-state index >= 15 is 0 Å². The predicted octanol–water partition coefficient (Wildman–Crippen LogP) is 4.24. The van der Waals surface area contributed by atoms with Crippen molar-refractivity contribution < 1.29 is 4.74 Å². The minimum Gasteiger partial charge on any atom is -0.376 e. The molecule has 32 heavy (non-hydrogen) atoms. The van der Waals surface area contributed by atoms with Gasteiger partial charge >= 0.3 is 0 Å². The fraction of sp³-hybridized carbons (Fsp3) is 0.385. The Kier molecular flexibility index (Phi) is 7.22. The van der Waals surface area contributed by atoms with E-state index in [1.54, 1.807) is 0 Å². The van der Waals surface area contributed by atoms with Crippen molar-refractivity contribution in [3.8, 4) is 0 Å². The third kappa shape index (κ3) is 5.37. The minimum atomic E-state index is -0.0596. The summed E-state index contributed by atoms with van der Waals surface area (Å²) in [7, 11) is 0. The normalized spacial score (nSPS) is 15.8. The number of aromatic amines is 1. The first kappa shape index (κ1) is 22.5. The number of ether oxygens (including phenoxy) is 1. The van der Waals surface area contributed by atoms with Crippen LogP contribution in [0.1, 0.15) is 35.1 Å². The number of benzene rings is 2. The highest BCUT2D eigenvalue weighted by Crippen LogP contribution is 2.20. The Labute approximate surface area is 194 Å². The molecule has 5 nitrogen and oxygen atoms in total. The van der Waals surface area contributed by atoms with Crippen molar-refractivity contribution in [3.63, 3.8) is 0 Å². The van der Waals surface area contributed by atoms with Crippen LogP contribution in [0.15, 0.2) is 53.3 Å². The van der Waals surface area contributed by atoms with Crippen LogP contribution < -0.4 is 10.9 Å². The highest BCUT2D eigenvalue weighted by molar-refractivity contribution is 7.80. The molecule has 0 saturated carbocycles. The van der Waals surface area contributed by atoms with Gasteiger partial charge in [-0.3, -0.25) is 4.79 Å². The van der Waals surface area contributed by atoms with E-state index in [4.69, 9.17) is 17.0 Å². The Morgan fingerprint density at radius 2 is 2.03 bits per heavy atom. The second-order valence-corrected chi connectivity index (χ2v) is 8.97. The van der Waals surface area contributed by atoms with Crippen molar-refractivity contribution in [3.05, 3.63) is 81.1 Å². The average Bonchev–Trinajstić information content (AvgIpc) is 3.31. The summed E-state index contributed by atoms with van der Waals surface area (Å²) in [6.45, 7) is 6.78. The SMILES string of the molecule is Cc1ccc2cc(CN(C[C@@H]3CCCO3)C(=S)NCCc3ccccc3)c(=O)[nH]c2c1C. The predicted molar refractivity (Wildman–Crippen MR) is 134 cm³/mol. The second kappa shape index (κ2) is 10.3. The first-order valence-corrected chi connectivity index (χ1v) is 11.7. The molecule has 4 rings (SSSR count). The van der Waals surface area contributed by atoms with Crippen molar-refractivity contribution >= 4 is 28.2 Å². The fourth-order valence-corrected chi connectivity index (χ4v) is 4.46. The largest absolute Gasteiger partial charge is 0.376 e. The van der Waals surface area contributed by atoms with Gasteiger partial charge in [-0.05, 0) is 73.5 Å². The van der Waals surface area contributed by atoms with Crippen LogP contribution in [0.2, 0.25) is 0 Å². The maximum atomic E-state index is 12.9. The van der Waals surface area contributed by atoms with Crippen LogP contribution in [0.4, 0.5) is 0 Å². The van der Waals surface area contributed by atoms with Gasteiger partial charge in [0.05, 0.1) is 18.2 Å². The van der Waals surface area contributed by atoms with Crippen molar-refractivity contribution in [1.29, 1.82) is 0 Å². The quantitative estimate of drug-likeness (QED) is 0.529. The molecule has 168 valence electrons. The number of aryl methyl sites for hydroxylation is 2. The molecular weight excluding hydrogens is 418 g/mol. The maximum absolute atomic E-state index is 12.9. The lowest BCUT2D eigenvalue weighted by Crippen LogP contribution is -2.44. The summed E-state index contributed by atoms with van der Waals surface area (Å²) < 4.78 is 5.86. The Hall–Kier alpha value is -2.70. The Bertz CT molecular complexity index is 1140. The number of rotatable bonds is 7. The maximum Gasteiger partial charge on any atom is 0.253 e. The molecule has 0 spiro atoms. The van der Waals surface area contributed by atoms with Gasteiger partial charge in [0.15, 0.2) is 5.11 Å². The molecule has 1 atom stereocenters. The standard InChI is InChI=1S/C26H31N3O2S/c1-18-10-11-21-15-22(25(30)28-24(21)19(18)2)16-29(17-23-9-6-14-31-23)26(32)27-13-12-20-7-4-3-5-8-20/h3-5,7-8,10-11,15,23H,6,9,12-14,16-17H2,1-2H3,(H,27,32)(H,28,30)/t23-/m0/s1. The van der Waals surface area contributed by atoms with Gasteiger partial charge < -0.3 is 19.9 Å². The summed E-state index contributed by atoms with van der Waals surface area (Å²) in [5.41, 5.74) is 5.12. The zero-order valence-electron chi connectivity index (χ0n) is 18.8. The molecule has 6 heteroatoms. The first-order valence-electron chi connectivity index (χ1n) is 11.3. The van der Waals surface area contributed by atoms with Gasteiger partial charge in [0, 0.05) is 25.3 Å². The summed E-state index contributed by atoms with van der Waals surface area (Å²) in [5.74, 6) is 0. The Balaban J connectivity index is 1.51. The van der Waals surface area contributed by atoms with Crippen LogP contribution in [-0.4, -0.2) is 40.8 Å². The van der Waals surface area contributed by atoms with E-state index in [9.17, 15) is 4.79 Å². The summed E-state index contributed by atoms with van der Waals surface area (Å²) in [6, 6.07) is 16.5. The summed E-state index contributed by atoms with van der Waals surface area (Å²) in [4.78, 5) is 18.1. The monoisotopic (exact) mass is 449 g/mol. The molecule has 0 bridgehead atoms. The zero-order chi connectivity index (χ0) is 22.5. The van der Waals surface area contributed by atoms with Crippen molar-refractivity contribution in [2.45, 2.75) is 45.8 Å². The van der Waals surface area contributed by atoms with Crippen molar-refractivity contribution in [2.24, 2.45) is 0 Å². The number of aromatic nitrogens is 1. The smallest absolute Gasteiger partial charge is 0.253 e. The molecule has 0 radical (unpaired) electrons. The molecule has 1 aliphatic heterocycles. The van der Waals surface area contributed by atoms with E-state index < -0.39 is 0 Å². The molecule has 0 amide bonds. The van der Waals surface area contributed by atoms with E-state index in [2.05, 4.69) is 46.4 Å². The van der Waals surface area contributed by atoms with Gasteiger partial charge in [-0.25, -0.2) is 0 Å². The van der Waals surface area contributed by atoms with Crippen LogP contribution in [0.3, 0.4) is 0 Å². The van der Waals surface area contributed by atoms with Gasteiger partial charge in [-0.1, -0.05) is 42.5 Å². The molecule has 1 fully saturated rings. The lowest BCUT2D eigenvalue weighted by Gasteiger charge is -2.28. The number of nitrogens with one attached hydrogen (secondary N) is 2. The molecule has 2 N–H and O–H groups in total. The average molecular weight is 450 g/mol. The van der Waals surface area contributed by atoms with Crippen LogP contribution in [0.25, 0.3) is 10.9 Å². The second-order valence-electron chi connectivity index (χ2n) is 8.58. The lowest BCUT2D eigenvalue weighted by atomic mass is 10.0. The van der Waals surface area contributed by atoms with Crippen LogP contribution in [-0.2, 0) is 17.7 Å². The molecule has 2 aromatic carbocycles. The van der Waals surface area contributed by atoms with E-state index in [1.165, 1.54) is 11.1 Å². The van der Waals surface area contributed by atoms with E-state index in [0.29, 0.717) is 23.8 Å². The van der Waals surface area contributed by atoms with Crippen LogP contribution in [0, 0.1) is 13.8 Å². The first-order chi connectivity index (χ1) is 15.5. The van der Waals surface area contributed by atoms with Crippen LogP contribution >= 0.6 is 12.2 Å². The highest BCUT2D eigenvalue weighted by atomic mass is 32.1. The fourth-order valence-electron chi connectivity index (χ4n) is 4.22. The summed E-state index contributed by atoms with van der Waals surface area (Å²) >= 11 is 5.75. The number of hydrogen-bond acceptors (Lipinski definition) is 3. The van der Waals surface area contributed by atoms with Gasteiger partial charge in [0.1, 0.15) is 0 Å². The molecule has 0 unspecified atom stereocenters. The van der Waals surface area contributed by atoms with E-state index in [0.717, 1.165) is 48.9 Å². The van der Waals surface area contributed by atoms with Crippen LogP contribution in [0.5, 0.6) is 0 Å². The number of thiocarbonyl (C=S) groups is 1. The van der Waals surface area contributed by atoms with E-state index in [-0.39, 0.29) is 11.7 Å². The number of fused-ring (bicyclic) bond motifs is 1. The summed E-state index contributed by atoms with van der Waals surface area (Å²) in [5, 5.41) is 5.10. The Morgan fingerprint density at radius 3 is 2.78 bits per heavy atom. The topological polar surface area (TPSA) is 57.4 Å². The van der Waals surface area contributed by atoms with Gasteiger partial charge in [0.25, 0.3) is 5.56 Å². The number of pyridine rings is 1.